The van der Waals surface area contributed by atoms with Crippen molar-refractivity contribution in [3.8, 4) is 5.75 Å². The van der Waals surface area contributed by atoms with Crippen molar-refractivity contribution in [2.45, 2.75) is 32.8 Å². The van der Waals surface area contributed by atoms with Crippen molar-refractivity contribution in [3.63, 3.8) is 0 Å². The first kappa shape index (κ1) is 19.3. The summed E-state index contributed by atoms with van der Waals surface area (Å²) < 4.78 is 7.07. The van der Waals surface area contributed by atoms with Gasteiger partial charge in [0.25, 0.3) is 5.91 Å². The molecular weight excluding hydrogens is 342 g/mol. The molecule has 0 saturated heterocycles. The van der Waals surface area contributed by atoms with Gasteiger partial charge in [0, 0.05) is 18.6 Å². The van der Waals surface area contributed by atoms with E-state index in [0.717, 1.165) is 11.3 Å². The van der Waals surface area contributed by atoms with Crippen molar-refractivity contribution < 1.29 is 14.6 Å². The number of amides is 1. The number of hydrogen-bond donors (Lipinski definition) is 2. The third-order valence-electron chi connectivity index (χ3n) is 3.79. The molecule has 1 heterocycles. The molecule has 0 fully saturated rings. The van der Waals surface area contributed by atoms with E-state index in [2.05, 4.69) is 10.4 Å². The predicted molar refractivity (Wildman–Crippen MR) is 97.3 cm³/mol. The van der Waals surface area contributed by atoms with Gasteiger partial charge >= 0.3 is 0 Å². The number of halogens is 1. The largest absolute Gasteiger partial charge is 0.491 e. The monoisotopic (exact) mass is 365 g/mol. The first-order valence-electron chi connectivity index (χ1n) is 8.17. The van der Waals surface area contributed by atoms with E-state index in [1.165, 1.54) is 0 Å². The zero-order valence-electron chi connectivity index (χ0n) is 14.9. The second-order valence-electron chi connectivity index (χ2n) is 6.32. The number of carbonyl (C=O) groups is 1. The molecule has 0 aliphatic rings. The molecule has 25 heavy (non-hydrogen) atoms. The van der Waals surface area contributed by atoms with Gasteiger partial charge in [0.15, 0.2) is 0 Å². The number of aliphatic hydroxyl groups excluding tert-OH is 1. The fraction of sp³-hybridized carbons (Fsp3) is 0.444. The Balaban J connectivity index is 1.83. The number of rotatable bonds is 7. The van der Waals surface area contributed by atoms with Crippen molar-refractivity contribution in [3.05, 3.63) is 46.2 Å². The lowest BCUT2D eigenvalue weighted by Gasteiger charge is -2.14. The van der Waals surface area contributed by atoms with Gasteiger partial charge in [-0.15, -0.1) is 0 Å². The Morgan fingerprint density at radius 2 is 2.12 bits per heavy atom. The van der Waals surface area contributed by atoms with Crippen LogP contribution in [0, 0.1) is 6.92 Å². The molecule has 0 aliphatic heterocycles. The van der Waals surface area contributed by atoms with E-state index in [-0.39, 0.29) is 25.0 Å². The molecule has 0 bridgehead atoms. The van der Waals surface area contributed by atoms with Crippen molar-refractivity contribution in [2.75, 3.05) is 13.2 Å². The van der Waals surface area contributed by atoms with Crippen LogP contribution in [0.5, 0.6) is 5.75 Å². The molecule has 1 atom stereocenters. The SMILES string of the molecule is Cc1cc(OCC(O)CNC(=O)c2cc(C(C)C)nn2C)ccc1Cl. The third-order valence-corrected chi connectivity index (χ3v) is 4.22. The minimum Gasteiger partial charge on any atom is -0.491 e. The lowest BCUT2D eigenvalue weighted by Crippen LogP contribution is -2.36. The van der Waals surface area contributed by atoms with Crippen molar-refractivity contribution in [1.29, 1.82) is 0 Å². The maximum Gasteiger partial charge on any atom is 0.269 e. The molecule has 0 radical (unpaired) electrons. The highest BCUT2D eigenvalue weighted by Crippen LogP contribution is 2.21. The van der Waals surface area contributed by atoms with Crippen LogP contribution in [0.15, 0.2) is 24.3 Å². The van der Waals surface area contributed by atoms with Gasteiger partial charge in [-0.1, -0.05) is 25.4 Å². The van der Waals surface area contributed by atoms with Crippen LogP contribution in [0.3, 0.4) is 0 Å². The summed E-state index contributed by atoms with van der Waals surface area (Å²) in [5, 5.41) is 17.7. The van der Waals surface area contributed by atoms with Crippen LogP contribution in [-0.4, -0.2) is 40.0 Å². The van der Waals surface area contributed by atoms with Crippen molar-refractivity contribution in [1.82, 2.24) is 15.1 Å². The standard InChI is InChI=1S/C18H24ClN3O3/c1-11(2)16-8-17(22(4)21-16)18(24)20-9-13(23)10-25-14-5-6-15(19)12(3)7-14/h5-8,11,13,23H,9-10H2,1-4H3,(H,20,24). The smallest absolute Gasteiger partial charge is 0.269 e. The first-order valence-corrected chi connectivity index (χ1v) is 8.55. The predicted octanol–water partition coefficient (Wildman–Crippen LogP) is 2.68. The number of nitrogens with one attached hydrogen (secondary N) is 1. The molecule has 6 nitrogen and oxygen atoms in total. The molecule has 136 valence electrons. The lowest BCUT2D eigenvalue weighted by atomic mass is 10.1. The van der Waals surface area contributed by atoms with Gasteiger partial charge in [-0.3, -0.25) is 9.48 Å². The summed E-state index contributed by atoms with van der Waals surface area (Å²) in [4.78, 5) is 12.2. The molecule has 2 N–H and O–H groups in total. The Morgan fingerprint density at radius 3 is 2.72 bits per heavy atom. The van der Waals surface area contributed by atoms with E-state index in [1.54, 1.807) is 36.0 Å². The molecule has 0 spiro atoms. The highest BCUT2D eigenvalue weighted by molar-refractivity contribution is 6.31. The summed E-state index contributed by atoms with van der Waals surface area (Å²) in [6, 6.07) is 7.05. The molecule has 0 aliphatic carbocycles. The zero-order valence-corrected chi connectivity index (χ0v) is 15.7. The van der Waals surface area contributed by atoms with Gasteiger partial charge in [0.1, 0.15) is 24.2 Å². The number of aliphatic hydroxyl groups is 1. The summed E-state index contributed by atoms with van der Waals surface area (Å²) in [5.74, 6) is 0.596. The number of benzene rings is 1. The Morgan fingerprint density at radius 1 is 1.40 bits per heavy atom. The Bertz CT molecular complexity index is 743. The van der Waals surface area contributed by atoms with Gasteiger partial charge in [-0.05, 0) is 42.7 Å². The van der Waals surface area contributed by atoms with Crippen LogP contribution in [-0.2, 0) is 7.05 Å². The first-order chi connectivity index (χ1) is 11.8. The van der Waals surface area contributed by atoms with E-state index in [4.69, 9.17) is 16.3 Å². The highest BCUT2D eigenvalue weighted by atomic mass is 35.5. The second-order valence-corrected chi connectivity index (χ2v) is 6.73. The van der Waals surface area contributed by atoms with Crippen LogP contribution in [0.4, 0.5) is 0 Å². The third kappa shape index (κ3) is 5.21. The lowest BCUT2D eigenvalue weighted by molar-refractivity contribution is 0.0836. The molecule has 1 aromatic carbocycles. The van der Waals surface area contributed by atoms with E-state index >= 15 is 0 Å². The molecule has 1 amide bonds. The maximum absolute atomic E-state index is 12.2. The van der Waals surface area contributed by atoms with E-state index in [9.17, 15) is 9.90 Å². The summed E-state index contributed by atoms with van der Waals surface area (Å²) in [7, 11) is 1.73. The quantitative estimate of drug-likeness (QED) is 0.790. The average Bonchev–Trinajstić information content (AvgIpc) is 2.96. The maximum atomic E-state index is 12.2. The van der Waals surface area contributed by atoms with Crippen LogP contribution in [0.25, 0.3) is 0 Å². The Kier molecular flexibility index (Phi) is 6.45. The molecule has 1 unspecified atom stereocenters. The minimum absolute atomic E-state index is 0.0734. The Hall–Kier alpha value is -2.05. The fourth-order valence-electron chi connectivity index (χ4n) is 2.24. The second kappa shape index (κ2) is 8.36. The van der Waals surface area contributed by atoms with Crippen molar-refractivity contribution in [2.24, 2.45) is 7.05 Å². The van der Waals surface area contributed by atoms with Crippen LogP contribution < -0.4 is 10.1 Å². The Labute approximate surface area is 152 Å². The van der Waals surface area contributed by atoms with Gasteiger partial charge in [-0.25, -0.2) is 0 Å². The van der Waals surface area contributed by atoms with Crippen LogP contribution >= 0.6 is 11.6 Å². The molecule has 2 aromatic rings. The van der Waals surface area contributed by atoms with Gasteiger partial charge in [-0.2, -0.15) is 5.10 Å². The number of carbonyl (C=O) groups excluding carboxylic acids is 1. The van der Waals surface area contributed by atoms with Gasteiger partial charge in [0.05, 0.1) is 5.69 Å². The molecular formula is C18H24ClN3O3. The summed E-state index contributed by atoms with van der Waals surface area (Å²) in [6.07, 6.45) is -0.822. The normalized spacial score (nSPS) is 12.3. The highest BCUT2D eigenvalue weighted by Gasteiger charge is 2.16. The number of nitrogens with zero attached hydrogens (tertiary/aromatic N) is 2. The van der Waals surface area contributed by atoms with E-state index in [1.807, 2.05) is 20.8 Å². The molecule has 7 heteroatoms. The number of hydrogen-bond acceptors (Lipinski definition) is 4. The summed E-state index contributed by atoms with van der Waals surface area (Å²) in [5.41, 5.74) is 2.22. The molecule has 2 rings (SSSR count). The van der Waals surface area contributed by atoms with Crippen LogP contribution in [0.1, 0.15) is 41.5 Å². The van der Waals surface area contributed by atoms with Gasteiger partial charge < -0.3 is 15.2 Å². The van der Waals surface area contributed by atoms with Gasteiger partial charge in [0.2, 0.25) is 0 Å². The number of ether oxygens (including phenoxy) is 1. The fourth-order valence-corrected chi connectivity index (χ4v) is 2.36. The van der Waals surface area contributed by atoms with E-state index in [0.29, 0.717) is 16.5 Å². The minimum atomic E-state index is -0.822. The number of aromatic nitrogens is 2. The molecule has 0 saturated carbocycles. The van der Waals surface area contributed by atoms with Crippen LogP contribution in [0.2, 0.25) is 5.02 Å². The summed E-state index contributed by atoms with van der Waals surface area (Å²) >= 11 is 5.96. The molecule has 1 aromatic heterocycles. The number of aryl methyl sites for hydroxylation is 2. The zero-order chi connectivity index (χ0) is 18.6. The van der Waals surface area contributed by atoms with E-state index < -0.39 is 6.10 Å². The average molecular weight is 366 g/mol. The summed E-state index contributed by atoms with van der Waals surface area (Å²) in [6.45, 7) is 6.08. The topological polar surface area (TPSA) is 76.4 Å². The van der Waals surface area contributed by atoms with Crippen molar-refractivity contribution >= 4 is 17.5 Å².